The number of nitrogen functional groups attached to an aromatic ring is 1. The Morgan fingerprint density at radius 1 is 1.33 bits per heavy atom. The van der Waals surface area contributed by atoms with Gasteiger partial charge in [0.1, 0.15) is 5.75 Å². The molecule has 2 nitrogen and oxygen atoms in total. The van der Waals surface area contributed by atoms with Crippen molar-refractivity contribution in [2.24, 2.45) is 5.92 Å². The highest BCUT2D eigenvalue weighted by atomic mass is 79.9. The van der Waals surface area contributed by atoms with Gasteiger partial charge in [0.25, 0.3) is 0 Å². The monoisotopic (exact) mass is 313 g/mol. The van der Waals surface area contributed by atoms with Crippen LogP contribution in [0, 0.1) is 12.8 Å². The summed E-state index contributed by atoms with van der Waals surface area (Å²) < 4.78 is 6.86. The first-order valence-corrected chi connectivity index (χ1v) is 7.56. The summed E-state index contributed by atoms with van der Waals surface area (Å²) in [7, 11) is 0. The van der Waals surface area contributed by atoms with E-state index in [1.54, 1.807) is 0 Å². The quantitative estimate of drug-likeness (QED) is 0.724. The second kappa shape index (κ2) is 7.67. The van der Waals surface area contributed by atoms with Gasteiger partial charge in [-0.2, -0.15) is 0 Å². The van der Waals surface area contributed by atoms with Crippen molar-refractivity contribution < 1.29 is 4.74 Å². The van der Waals surface area contributed by atoms with Crippen LogP contribution in [0.5, 0.6) is 5.75 Å². The highest BCUT2D eigenvalue weighted by Gasteiger charge is 2.09. The lowest BCUT2D eigenvalue weighted by atomic mass is 10.0. The van der Waals surface area contributed by atoms with Crippen LogP contribution in [-0.2, 0) is 0 Å². The molecule has 0 amide bonds. The van der Waals surface area contributed by atoms with E-state index in [0.717, 1.165) is 28.1 Å². The van der Waals surface area contributed by atoms with Crippen LogP contribution in [0.4, 0.5) is 5.69 Å². The molecular formula is C15H24BrNO. The molecule has 1 atom stereocenters. The largest absolute Gasteiger partial charge is 0.492 e. The van der Waals surface area contributed by atoms with E-state index in [9.17, 15) is 0 Å². The molecule has 0 spiro atoms. The van der Waals surface area contributed by atoms with E-state index in [-0.39, 0.29) is 0 Å². The van der Waals surface area contributed by atoms with Crippen LogP contribution in [0.25, 0.3) is 0 Å². The van der Waals surface area contributed by atoms with Crippen molar-refractivity contribution in [3.05, 3.63) is 22.2 Å². The molecule has 1 aromatic carbocycles. The van der Waals surface area contributed by atoms with E-state index in [1.165, 1.54) is 25.7 Å². The molecule has 0 heterocycles. The minimum atomic E-state index is 0.648. The summed E-state index contributed by atoms with van der Waals surface area (Å²) in [6.45, 7) is 7.25. The van der Waals surface area contributed by atoms with E-state index < -0.39 is 0 Å². The van der Waals surface area contributed by atoms with E-state index in [1.807, 2.05) is 19.1 Å². The van der Waals surface area contributed by atoms with Crippen LogP contribution in [0.2, 0.25) is 0 Å². The number of anilines is 1. The maximum absolute atomic E-state index is 5.92. The van der Waals surface area contributed by atoms with Crippen molar-refractivity contribution in [1.82, 2.24) is 0 Å². The van der Waals surface area contributed by atoms with Crippen LogP contribution in [0.1, 0.15) is 45.1 Å². The molecule has 1 rings (SSSR count). The van der Waals surface area contributed by atoms with Crippen molar-refractivity contribution in [2.75, 3.05) is 12.3 Å². The third-order valence-electron chi connectivity index (χ3n) is 3.34. The van der Waals surface area contributed by atoms with Crippen LogP contribution in [-0.4, -0.2) is 6.61 Å². The summed E-state index contributed by atoms with van der Waals surface area (Å²) in [6.07, 6.45) is 4.95. The first-order chi connectivity index (χ1) is 8.58. The molecule has 102 valence electrons. The number of ether oxygens (including phenoxy) is 1. The Labute approximate surface area is 119 Å². The molecule has 0 fully saturated rings. The molecule has 0 bridgehead atoms. The van der Waals surface area contributed by atoms with Crippen molar-refractivity contribution in [1.29, 1.82) is 0 Å². The minimum Gasteiger partial charge on any atom is -0.492 e. The molecule has 2 N–H and O–H groups in total. The zero-order valence-corrected chi connectivity index (χ0v) is 13.2. The smallest absolute Gasteiger partial charge is 0.133 e. The van der Waals surface area contributed by atoms with Gasteiger partial charge in [0.05, 0.1) is 11.1 Å². The Bertz CT molecular complexity index is 379. The van der Waals surface area contributed by atoms with Gasteiger partial charge in [0, 0.05) is 5.69 Å². The molecule has 0 saturated carbocycles. The van der Waals surface area contributed by atoms with Crippen molar-refractivity contribution in [2.45, 2.75) is 46.5 Å². The number of halogens is 1. The summed E-state index contributed by atoms with van der Waals surface area (Å²) in [5.41, 5.74) is 7.71. The topological polar surface area (TPSA) is 35.2 Å². The Morgan fingerprint density at radius 2 is 2.06 bits per heavy atom. The lowest BCUT2D eigenvalue weighted by molar-refractivity contribution is 0.232. The zero-order valence-electron chi connectivity index (χ0n) is 11.6. The van der Waals surface area contributed by atoms with Gasteiger partial charge < -0.3 is 10.5 Å². The molecule has 1 unspecified atom stereocenters. The maximum atomic E-state index is 5.92. The fraction of sp³-hybridized carbons (Fsp3) is 0.600. The maximum Gasteiger partial charge on any atom is 0.133 e. The lowest BCUT2D eigenvalue weighted by Gasteiger charge is -2.17. The van der Waals surface area contributed by atoms with E-state index in [2.05, 4.69) is 29.8 Å². The molecule has 18 heavy (non-hydrogen) atoms. The summed E-state index contributed by atoms with van der Waals surface area (Å²) in [5, 5.41) is 0. The average molecular weight is 314 g/mol. The van der Waals surface area contributed by atoms with E-state index >= 15 is 0 Å². The number of rotatable bonds is 7. The lowest BCUT2D eigenvalue weighted by Crippen LogP contribution is -2.11. The number of unbranched alkanes of at least 4 members (excludes halogenated alkanes) is 1. The predicted octanol–water partition coefficient (Wildman–Crippen LogP) is 4.93. The molecule has 1 aromatic rings. The SMILES string of the molecule is CCCCC(CC)COc1cc(C)c(N)cc1Br. The van der Waals surface area contributed by atoms with Crippen molar-refractivity contribution >= 4 is 21.6 Å². The second-order valence-corrected chi connectivity index (χ2v) is 5.72. The Kier molecular flexibility index (Phi) is 6.55. The number of nitrogens with two attached hydrogens (primary N) is 1. The second-order valence-electron chi connectivity index (χ2n) is 4.87. The molecule has 3 heteroatoms. The normalized spacial score (nSPS) is 12.4. The first kappa shape index (κ1) is 15.4. The van der Waals surface area contributed by atoms with Gasteiger partial charge in [-0.25, -0.2) is 0 Å². The van der Waals surface area contributed by atoms with E-state index in [4.69, 9.17) is 10.5 Å². The molecule has 0 radical (unpaired) electrons. The molecule has 0 aliphatic heterocycles. The third kappa shape index (κ3) is 4.52. The van der Waals surface area contributed by atoms with Crippen molar-refractivity contribution in [3.8, 4) is 5.75 Å². The number of benzene rings is 1. The molecule has 0 aliphatic rings. The van der Waals surface area contributed by atoms with Gasteiger partial charge in [-0.05, 0) is 52.9 Å². The Hall–Kier alpha value is -0.700. The van der Waals surface area contributed by atoms with Gasteiger partial charge >= 0.3 is 0 Å². The average Bonchev–Trinajstić information content (AvgIpc) is 2.35. The fourth-order valence-corrected chi connectivity index (χ4v) is 2.36. The predicted molar refractivity (Wildman–Crippen MR) is 82.1 cm³/mol. The van der Waals surface area contributed by atoms with Crippen LogP contribution < -0.4 is 10.5 Å². The number of hydrogen-bond donors (Lipinski definition) is 1. The van der Waals surface area contributed by atoms with Gasteiger partial charge in [-0.15, -0.1) is 0 Å². The molecular weight excluding hydrogens is 290 g/mol. The van der Waals surface area contributed by atoms with Crippen LogP contribution in [0.3, 0.4) is 0 Å². The van der Waals surface area contributed by atoms with Gasteiger partial charge in [0.2, 0.25) is 0 Å². The zero-order chi connectivity index (χ0) is 13.5. The minimum absolute atomic E-state index is 0.648. The molecule has 0 aromatic heterocycles. The highest BCUT2D eigenvalue weighted by Crippen LogP contribution is 2.30. The van der Waals surface area contributed by atoms with Crippen LogP contribution in [0.15, 0.2) is 16.6 Å². The number of aryl methyl sites for hydroxylation is 1. The molecule has 0 saturated heterocycles. The third-order valence-corrected chi connectivity index (χ3v) is 3.96. The van der Waals surface area contributed by atoms with Gasteiger partial charge in [-0.3, -0.25) is 0 Å². The van der Waals surface area contributed by atoms with Gasteiger partial charge in [-0.1, -0.05) is 33.1 Å². The highest BCUT2D eigenvalue weighted by molar-refractivity contribution is 9.10. The summed E-state index contributed by atoms with van der Waals surface area (Å²) in [6, 6.07) is 3.92. The van der Waals surface area contributed by atoms with Crippen molar-refractivity contribution in [3.63, 3.8) is 0 Å². The van der Waals surface area contributed by atoms with E-state index in [0.29, 0.717) is 5.92 Å². The standard InChI is InChI=1S/C15H24BrNO/c1-4-6-7-12(5-2)10-18-15-8-11(3)14(17)9-13(15)16/h8-9,12H,4-7,10,17H2,1-3H3. The first-order valence-electron chi connectivity index (χ1n) is 6.76. The fourth-order valence-electron chi connectivity index (χ4n) is 1.89. The summed E-state index contributed by atoms with van der Waals surface area (Å²) in [4.78, 5) is 0. The summed E-state index contributed by atoms with van der Waals surface area (Å²) in [5.74, 6) is 1.55. The number of hydrogen-bond acceptors (Lipinski definition) is 2. The van der Waals surface area contributed by atoms with Gasteiger partial charge in [0.15, 0.2) is 0 Å². The van der Waals surface area contributed by atoms with Crippen LogP contribution >= 0.6 is 15.9 Å². The Balaban J connectivity index is 2.59. The summed E-state index contributed by atoms with van der Waals surface area (Å²) >= 11 is 3.50. The Morgan fingerprint density at radius 3 is 2.67 bits per heavy atom. The molecule has 0 aliphatic carbocycles.